The van der Waals surface area contributed by atoms with Gasteiger partial charge < -0.3 is 20.7 Å². The molecule has 0 spiro atoms. The summed E-state index contributed by atoms with van der Waals surface area (Å²) in [6, 6.07) is 16.7. The van der Waals surface area contributed by atoms with E-state index in [9.17, 15) is 14.4 Å². The molecular formula is C27H26Cl2N4O4. The summed E-state index contributed by atoms with van der Waals surface area (Å²) in [6.45, 7) is 3.25. The van der Waals surface area contributed by atoms with Crippen LogP contribution in [0.1, 0.15) is 15.9 Å². The molecule has 192 valence electrons. The molecule has 0 aromatic heterocycles. The SMILES string of the molecule is Cc1c(N(CCN2CCOCC2=O)C(=O)Nc2ccc(Cl)cc2)ccc(C(N)=O)c1-c1ccc(Cl)cc1. The average Bonchev–Trinajstić information content (AvgIpc) is 2.87. The topological polar surface area (TPSA) is 105 Å². The van der Waals surface area contributed by atoms with Gasteiger partial charge in [-0.25, -0.2) is 4.79 Å². The van der Waals surface area contributed by atoms with Crippen molar-refractivity contribution in [3.05, 3.63) is 81.8 Å². The zero-order chi connectivity index (χ0) is 26.5. The van der Waals surface area contributed by atoms with Crippen LogP contribution in [0.4, 0.5) is 16.2 Å². The van der Waals surface area contributed by atoms with Crippen molar-refractivity contribution in [2.45, 2.75) is 6.92 Å². The molecule has 3 N–H and O–H groups in total. The van der Waals surface area contributed by atoms with Crippen LogP contribution in [0.15, 0.2) is 60.7 Å². The number of urea groups is 1. The number of nitrogens with two attached hydrogens (primary N) is 1. The maximum absolute atomic E-state index is 13.6. The van der Waals surface area contributed by atoms with Gasteiger partial charge in [-0.05, 0) is 72.1 Å². The van der Waals surface area contributed by atoms with Gasteiger partial charge in [0.05, 0.1) is 6.61 Å². The monoisotopic (exact) mass is 540 g/mol. The number of carbonyl (C=O) groups excluding carboxylic acids is 3. The number of morpholine rings is 1. The molecule has 0 unspecified atom stereocenters. The van der Waals surface area contributed by atoms with Gasteiger partial charge in [-0.2, -0.15) is 0 Å². The summed E-state index contributed by atoms with van der Waals surface area (Å²) >= 11 is 12.1. The van der Waals surface area contributed by atoms with Gasteiger partial charge in [0.25, 0.3) is 0 Å². The fourth-order valence-electron chi connectivity index (χ4n) is 4.25. The van der Waals surface area contributed by atoms with Crippen molar-refractivity contribution in [1.82, 2.24) is 4.90 Å². The van der Waals surface area contributed by atoms with E-state index in [1.165, 1.54) is 0 Å². The number of halogens is 2. The summed E-state index contributed by atoms with van der Waals surface area (Å²) < 4.78 is 5.22. The van der Waals surface area contributed by atoms with Crippen LogP contribution < -0.4 is 16.0 Å². The third-order valence-electron chi connectivity index (χ3n) is 6.14. The second-order valence-corrected chi connectivity index (χ2v) is 9.40. The standard InChI is InChI=1S/C27H26Cl2N4O4/c1-17-23(11-10-22(26(30)35)25(17)18-2-4-19(28)5-3-18)33(13-12-32-14-15-37-16-24(32)34)27(36)31-21-8-6-20(29)7-9-21/h2-11H,12-16H2,1H3,(H2,30,35)(H,31,36). The fourth-order valence-corrected chi connectivity index (χ4v) is 4.50. The molecule has 3 aromatic rings. The lowest BCUT2D eigenvalue weighted by Crippen LogP contribution is -2.47. The van der Waals surface area contributed by atoms with Crippen molar-refractivity contribution in [2.75, 3.05) is 43.1 Å². The fraction of sp³-hybridized carbons (Fsp3) is 0.222. The summed E-state index contributed by atoms with van der Waals surface area (Å²) in [4.78, 5) is 41.4. The van der Waals surface area contributed by atoms with Crippen LogP contribution in [-0.2, 0) is 9.53 Å². The van der Waals surface area contributed by atoms with Gasteiger partial charge in [0.2, 0.25) is 11.8 Å². The van der Waals surface area contributed by atoms with Crippen LogP contribution in [0, 0.1) is 6.92 Å². The molecule has 1 fully saturated rings. The number of rotatable bonds is 7. The predicted octanol–water partition coefficient (Wildman–Crippen LogP) is 4.97. The maximum Gasteiger partial charge on any atom is 0.326 e. The number of hydrogen-bond donors (Lipinski definition) is 2. The molecule has 1 heterocycles. The number of carbonyl (C=O) groups is 3. The Morgan fingerprint density at radius 1 is 1.03 bits per heavy atom. The van der Waals surface area contributed by atoms with Gasteiger partial charge in [0.1, 0.15) is 6.61 Å². The molecule has 0 atom stereocenters. The van der Waals surface area contributed by atoms with Gasteiger partial charge in [-0.1, -0.05) is 35.3 Å². The molecular weight excluding hydrogens is 515 g/mol. The Hall–Kier alpha value is -3.59. The van der Waals surface area contributed by atoms with Crippen molar-refractivity contribution in [2.24, 2.45) is 5.73 Å². The quantitative estimate of drug-likeness (QED) is 0.441. The normalized spacial score (nSPS) is 13.4. The Morgan fingerprint density at radius 2 is 1.68 bits per heavy atom. The van der Waals surface area contributed by atoms with Gasteiger partial charge in [-0.15, -0.1) is 0 Å². The first-order chi connectivity index (χ1) is 17.7. The summed E-state index contributed by atoms with van der Waals surface area (Å²) in [6.07, 6.45) is 0. The summed E-state index contributed by atoms with van der Waals surface area (Å²) in [5.41, 5.74) is 9.17. The van der Waals surface area contributed by atoms with E-state index >= 15 is 0 Å². The van der Waals surface area contributed by atoms with E-state index in [-0.39, 0.29) is 19.1 Å². The Morgan fingerprint density at radius 3 is 2.30 bits per heavy atom. The number of benzene rings is 3. The van der Waals surface area contributed by atoms with Crippen molar-refractivity contribution in [3.8, 4) is 11.1 Å². The van der Waals surface area contributed by atoms with Gasteiger partial charge in [0, 0.05) is 46.6 Å². The molecule has 37 heavy (non-hydrogen) atoms. The van der Waals surface area contributed by atoms with Crippen LogP contribution in [0.3, 0.4) is 0 Å². The molecule has 0 saturated carbocycles. The van der Waals surface area contributed by atoms with E-state index in [4.69, 9.17) is 33.7 Å². The molecule has 3 aromatic carbocycles. The molecule has 0 radical (unpaired) electrons. The van der Waals surface area contributed by atoms with Crippen LogP contribution in [-0.4, -0.2) is 55.6 Å². The Balaban J connectivity index is 1.74. The average molecular weight is 541 g/mol. The molecule has 10 heteroatoms. The van der Waals surface area contributed by atoms with E-state index in [1.54, 1.807) is 70.5 Å². The zero-order valence-corrected chi connectivity index (χ0v) is 21.7. The zero-order valence-electron chi connectivity index (χ0n) is 20.2. The second-order valence-electron chi connectivity index (χ2n) is 8.53. The lowest BCUT2D eigenvalue weighted by molar-refractivity contribution is -0.142. The molecule has 4 amide bonds. The summed E-state index contributed by atoms with van der Waals surface area (Å²) in [5, 5.41) is 3.99. The highest BCUT2D eigenvalue weighted by atomic mass is 35.5. The largest absolute Gasteiger partial charge is 0.370 e. The van der Waals surface area contributed by atoms with Crippen LogP contribution in [0.5, 0.6) is 0 Å². The summed E-state index contributed by atoms with van der Waals surface area (Å²) in [7, 11) is 0. The highest BCUT2D eigenvalue weighted by Crippen LogP contribution is 2.35. The highest BCUT2D eigenvalue weighted by molar-refractivity contribution is 6.31. The molecule has 1 aliphatic rings. The highest BCUT2D eigenvalue weighted by Gasteiger charge is 2.25. The third kappa shape index (κ3) is 6.22. The number of hydrogen-bond acceptors (Lipinski definition) is 4. The van der Waals surface area contributed by atoms with Crippen molar-refractivity contribution < 1.29 is 19.1 Å². The Labute approximate surface area is 224 Å². The van der Waals surface area contributed by atoms with E-state index in [2.05, 4.69) is 5.32 Å². The Kier molecular flexibility index (Phi) is 8.33. The van der Waals surface area contributed by atoms with Gasteiger partial charge >= 0.3 is 6.03 Å². The number of primary amides is 1. The molecule has 8 nitrogen and oxygen atoms in total. The number of anilines is 2. The number of nitrogens with one attached hydrogen (secondary N) is 1. The van der Waals surface area contributed by atoms with E-state index in [0.29, 0.717) is 57.8 Å². The predicted molar refractivity (Wildman–Crippen MR) is 145 cm³/mol. The molecule has 1 saturated heterocycles. The van der Waals surface area contributed by atoms with Gasteiger partial charge in [0.15, 0.2) is 0 Å². The third-order valence-corrected chi connectivity index (χ3v) is 6.65. The van der Waals surface area contributed by atoms with E-state index in [0.717, 1.165) is 5.56 Å². The molecule has 0 bridgehead atoms. The molecule has 1 aliphatic heterocycles. The Bertz CT molecular complexity index is 1310. The van der Waals surface area contributed by atoms with Crippen LogP contribution >= 0.6 is 23.2 Å². The van der Waals surface area contributed by atoms with Crippen LogP contribution in [0.2, 0.25) is 10.0 Å². The number of amides is 4. The maximum atomic E-state index is 13.6. The minimum atomic E-state index is -0.587. The van der Waals surface area contributed by atoms with Crippen molar-refractivity contribution >= 4 is 52.4 Å². The first-order valence-electron chi connectivity index (χ1n) is 11.6. The smallest absolute Gasteiger partial charge is 0.326 e. The number of ether oxygens (including phenoxy) is 1. The first kappa shape index (κ1) is 26.5. The van der Waals surface area contributed by atoms with Crippen molar-refractivity contribution in [3.63, 3.8) is 0 Å². The molecule has 4 rings (SSSR count). The lowest BCUT2D eigenvalue weighted by Gasteiger charge is -2.31. The van der Waals surface area contributed by atoms with E-state index < -0.39 is 11.9 Å². The minimum absolute atomic E-state index is 0.0179. The van der Waals surface area contributed by atoms with E-state index in [1.807, 2.05) is 6.92 Å². The van der Waals surface area contributed by atoms with Crippen LogP contribution in [0.25, 0.3) is 11.1 Å². The second kappa shape index (κ2) is 11.6. The summed E-state index contributed by atoms with van der Waals surface area (Å²) in [5.74, 6) is -0.720. The minimum Gasteiger partial charge on any atom is -0.370 e. The van der Waals surface area contributed by atoms with Crippen molar-refractivity contribution in [1.29, 1.82) is 0 Å². The number of nitrogens with zero attached hydrogens (tertiary/aromatic N) is 2. The first-order valence-corrected chi connectivity index (χ1v) is 12.4. The van der Waals surface area contributed by atoms with Gasteiger partial charge in [-0.3, -0.25) is 14.5 Å². The molecule has 0 aliphatic carbocycles. The lowest BCUT2D eigenvalue weighted by atomic mass is 9.93.